The normalized spacial score (nSPS) is 10.3. The molecule has 0 saturated carbocycles. The van der Waals surface area contributed by atoms with Gasteiger partial charge in [0.25, 0.3) is 5.91 Å². The molecule has 1 aromatic heterocycles. The van der Waals surface area contributed by atoms with Crippen molar-refractivity contribution in [2.24, 2.45) is 0 Å². The van der Waals surface area contributed by atoms with Crippen molar-refractivity contribution < 1.29 is 9.53 Å². The predicted octanol–water partition coefficient (Wildman–Crippen LogP) is 4.34. The van der Waals surface area contributed by atoms with Crippen molar-refractivity contribution in [1.29, 1.82) is 0 Å². The third-order valence-corrected chi connectivity index (χ3v) is 4.02. The Morgan fingerprint density at radius 3 is 2.44 bits per heavy atom. The third-order valence-electron chi connectivity index (χ3n) is 3.81. The van der Waals surface area contributed by atoms with E-state index in [9.17, 15) is 4.79 Å². The molecule has 0 spiro atoms. The number of amides is 1. The lowest BCUT2D eigenvalue weighted by Crippen LogP contribution is -2.23. The van der Waals surface area contributed by atoms with Gasteiger partial charge in [-0.3, -0.25) is 4.79 Å². The van der Waals surface area contributed by atoms with Gasteiger partial charge in [-0.25, -0.2) is 4.98 Å². The summed E-state index contributed by atoms with van der Waals surface area (Å²) in [7, 11) is 1.49. The largest absolute Gasteiger partial charge is 0.496 e. The predicted molar refractivity (Wildman–Crippen MR) is 98.8 cm³/mol. The number of rotatable bonds is 5. The van der Waals surface area contributed by atoms with Crippen molar-refractivity contribution >= 4 is 17.5 Å². The van der Waals surface area contributed by atoms with Crippen molar-refractivity contribution in [3.63, 3.8) is 0 Å². The van der Waals surface area contributed by atoms with Gasteiger partial charge >= 0.3 is 0 Å². The van der Waals surface area contributed by atoms with Crippen molar-refractivity contribution in [2.45, 2.75) is 6.54 Å². The summed E-state index contributed by atoms with van der Waals surface area (Å²) >= 11 is 5.82. The molecule has 3 rings (SSSR count). The van der Waals surface area contributed by atoms with Crippen molar-refractivity contribution in [3.05, 3.63) is 83.1 Å². The molecule has 126 valence electrons. The van der Waals surface area contributed by atoms with Gasteiger partial charge in [0.05, 0.1) is 12.7 Å². The zero-order valence-corrected chi connectivity index (χ0v) is 14.5. The number of aromatic nitrogens is 1. The lowest BCUT2D eigenvalue weighted by molar-refractivity contribution is 0.0947. The van der Waals surface area contributed by atoms with Crippen LogP contribution in [0.2, 0.25) is 5.15 Å². The first-order valence-corrected chi connectivity index (χ1v) is 8.17. The lowest BCUT2D eigenvalue weighted by Gasteiger charge is -2.10. The quantitative estimate of drug-likeness (QED) is 0.695. The highest BCUT2D eigenvalue weighted by atomic mass is 35.5. The van der Waals surface area contributed by atoms with Crippen molar-refractivity contribution in [1.82, 2.24) is 10.3 Å². The van der Waals surface area contributed by atoms with E-state index in [4.69, 9.17) is 16.3 Å². The molecular formula is C20H17ClN2O2. The summed E-state index contributed by atoms with van der Waals surface area (Å²) < 4.78 is 5.18. The number of ether oxygens (including phenoxy) is 1. The zero-order chi connectivity index (χ0) is 17.6. The molecule has 1 heterocycles. The molecule has 0 fully saturated rings. The molecular weight excluding hydrogens is 336 g/mol. The summed E-state index contributed by atoms with van der Waals surface area (Å²) in [6.07, 6.45) is 1.41. The van der Waals surface area contributed by atoms with Crippen LogP contribution in [0.25, 0.3) is 11.1 Å². The average Bonchev–Trinajstić information content (AvgIpc) is 2.67. The van der Waals surface area contributed by atoms with Crippen LogP contribution in [-0.4, -0.2) is 18.0 Å². The summed E-state index contributed by atoms with van der Waals surface area (Å²) in [5.41, 5.74) is 3.66. The highest BCUT2D eigenvalue weighted by Gasteiger charge is 2.13. The first-order valence-electron chi connectivity index (χ1n) is 7.79. The molecule has 0 radical (unpaired) electrons. The van der Waals surface area contributed by atoms with E-state index in [0.29, 0.717) is 17.9 Å². The Labute approximate surface area is 151 Å². The highest BCUT2D eigenvalue weighted by Crippen LogP contribution is 2.21. The number of carbonyl (C=O) groups excluding carboxylic acids is 1. The first kappa shape index (κ1) is 17.0. The maximum atomic E-state index is 12.3. The Morgan fingerprint density at radius 1 is 1.08 bits per heavy atom. The van der Waals surface area contributed by atoms with Crippen LogP contribution < -0.4 is 10.1 Å². The minimum atomic E-state index is -0.256. The molecule has 0 bridgehead atoms. The Kier molecular flexibility index (Phi) is 5.31. The van der Waals surface area contributed by atoms with E-state index in [0.717, 1.165) is 16.7 Å². The lowest BCUT2D eigenvalue weighted by atomic mass is 10.0. The molecule has 5 heteroatoms. The number of methoxy groups -OCH3 is 1. The minimum Gasteiger partial charge on any atom is -0.496 e. The van der Waals surface area contributed by atoms with Gasteiger partial charge in [0.15, 0.2) is 0 Å². The van der Waals surface area contributed by atoms with Crippen molar-refractivity contribution in [3.8, 4) is 16.9 Å². The van der Waals surface area contributed by atoms with E-state index in [1.807, 2.05) is 42.5 Å². The van der Waals surface area contributed by atoms with E-state index in [-0.39, 0.29) is 11.1 Å². The van der Waals surface area contributed by atoms with Crippen LogP contribution in [0.4, 0.5) is 0 Å². The Morgan fingerprint density at radius 2 is 1.76 bits per heavy atom. The number of carbonyl (C=O) groups is 1. The summed E-state index contributed by atoms with van der Waals surface area (Å²) in [6.45, 7) is 0.416. The van der Waals surface area contributed by atoms with Crippen LogP contribution in [0.3, 0.4) is 0 Å². The number of nitrogens with zero attached hydrogens (tertiary/aromatic N) is 1. The van der Waals surface area contributed by atoms with Gasteiger partial charge in [-0.05, 0) is 16.7 Å². The Hall–Kier alpha value is -2.85. The van der Waals surface area contributed by atoms with Gasteiger partial charge in [0.1, 0.15) is 10.9 Å². The molecule has 0 atom stereocenters. The second kappa shape index (κ2) is 7.81. The number of benzene rings is 2. The van der Waals surface area contributed by atoms with Gasteiger partial charge in [-0.1, -0.05) is 66.2 Å². The number of hydrogen-bond donors (Lipinski definition) is 1. The smallest absolute Gasteiger partial charge is 0.256 e. The van der Waals surface area contributed by atoms with Crippen LogP contribution >= 0.6 is 11.6 Å². The molecule has 2 aromatic carbocycles. The number of halogens is 1. The SMILES string of the molecule is COc1cc(Cl)ncc1C(=O)NCc1ccc(-c2ccccc2)cc1. The molecule has 1 amide bonds. The number of pyridine rings is 1. The topological polar surface area (TPSA) is 51.2 Å². The fourth-order valence-corrected chi connectivity index (χ4v) is 2.62. The van der Waals surface area contributed by atoms with Crippen LogP contribution in [-0.2, 0) is 6.54 Å². The first-order chi connectivity index (χ1) is 12.2. The molecule has 3 aromatic rings. The monoisotopic (exact) mass is 352 g/mol. The van der Waals surface area contributed by atoms with Crippen molar-refractivity contribution in [2.75, 3.05) is 7.11 Å². The fourth-order valence-electron chi connectivity index (χ4n) is 2.48. The minimum absolute atomic E-state index is 0.256. The number of hydrogen-bond acceptors (Lipinski definition) is 3. The molecule has 1 N–H and O–H groups in total. The van der Waals surface area contributed by atoms with Gasteiger partial charge in [-0.2, -0.15) is 0 Å². The Balaban J connectivity index is 1.67. The molecule has 0 saturated heterocycles. The molecule has 0 aliphatic rings. The standard InChI is InChI=1S/C20H17ClN2O2/c1-25-18-11-19(21)22-13-17(18)20(24)23-12-14-7-9-16(10-8-14)15-5-3-2-4-6-15/h2-11,13H,12H2,1H3,(H,23,24). The second-order valence-electron chi connectivity index (χ2n) is 5.45. The third kappa shape index (κ3) is 4.17. The van der Waals surface area contributed by atoms with Gasteiger partial charge in [0.2, 0.25) is 0 Å². The van der Waals surface area contributed by atoms with E-state index in [1.165, 1.54) is 19.4 Å². The van der Waals surface area contributed by atoms with Crippen LogP contribution in [0, 0.1) is 0 Å². The zero-order valence-electron chi connectivity index (χ0n) is 13.7. The molecule has 0 unspecified atom stereocenters. The van der Waals surface area contributed by atoms with Crippen LogP contribution in [0.1, 0.15) is 15.9 Å². The second-order valence-corrected chi connectivity index (χ2v) is 5.84. The summed E-state index contributed by atoms with van der Waals surface area (Å²) in [5, 5.41) is 3.15. The molecule has 25 heavy (non-hydrogen) atoms. The van der Waals surface area contributed by atoms with E-state index < -0.39 is 0 Å². The number of nitrogens with one attached hydrogen (secondary N) is 1. The molecule has 4 nitrogen and oxygen atoms in total. The van der Waals surface area contributed by atoms with E-state index in [1.54, 1.807) is 0 Å². The Bertz CT molecular complexity index is 865. The molecule has 0 aliphatic carbocycles. The molecule has 0 aliphatic heterocycles. The summed E-state index contributed by atoms with van der Waals surface area (Å²) in [4.78, 5) is 16.3. The maximum Gasteiger partial charge on any atom is 0.256 e. The summed E-state index contributed by atoms with van der Waals surface area (Å²) in [5.74, 6) is 0.144. The van der Waals surface area contributed by atoms with Crippen LogP contribution in [0.15, 0.2) is 66.9 Å². The van der Waals surface area contributed by atoms with Gasteiger partial charge < -0.3 is 10.1 Å². The average molecular weight is 353 g/mol. The fraction of sp³-hybridized carbons (Fsp3) is 0.100. The highest BCUT2D eigenvalue weighted by molar-refractivity contribution is 6.29. The maximum absolute atomic E-state index is 12.3. The van der Waals surface area contributed by atoms with E-state index in [2.05, 4.69) is 22.4 Å². The van der Waals surface area contributed by atoms with Gasteiger partial charge in [0, 0.05) is 18.8 Å². The van der Waals surface area contributed by atoms with E-state index >= 15 is 0 Å². The van der Waals surface area contributed by atoms with Crippen LogP contribution in [0.5, 0.6) is 5.75 Å². The summed E-state index contributed by atoms with van der Waals surface area (Å²) in [6, 6.07) is 19.8. The van der Waals surface area contributed by atoms with Gasteiger partial charge in [-0.15, -0.1) is 0 Å².